The number of aromatic nitrogens is 1. The van der Waals surface area contributed by atoms with E-state index in [2.05, 4.69) is 4.98 Å². The number of nitrogens with zero attached hydrogens (tertiary/aromatic N) is 2. The minimum atomic E-state index is -4.52. The van der Waals surface area contributed by atoms with Crippen molar-refractivity contribution >= 4 is 22.4 Å². The van der Waals surface area contributed by atoms with Crippen LogP contribution < -0.4 is 9.64 Å². The number of ether oxygens (including phenoxy) is 1. The minimum Gasteiger partial charge on any atom is -0.483 e. The molecule has 8 heteroatoms. The maximum atomic E-state index is 12.9. The van der Waals surface area contributed by atoms with Gasteiger partial charge in [0.25, 0.3) is 5.91 Å². The van der Waals surface area contributed by atoms with Crippen LogP contribution in [-0.2, 0) is 4.79 Å². The predicted molar refractivity (Wildman–Crippen MR) is 95.9 cm³/mol. The molecule has 1 aromatic carbocycles. The highest BCUT2D eigenvalue weighted by atomic mass is 32.1. The molecule has 142 valence electrons. The third-order valence-electron chi connectivity index (χ3n) is 3.89. The molecule has 0 spiro atoms. The SMILES string of the molecule is CCC(C)c1ccccc1OCC(=O)N(CC(F)(F)F)c1nc(C)cs1. The van der Waals surface area contributed by atoms with Gasteiger partial charge in [0.05, 0.1) is 5.69 Å². The van der Waals surface area contributed by atoms with Crippen LogP contribution in [0.5, 0.6) is 5.75 Å². The summed E-state index contributed by atoms with van der Waals surface area (Å²) in [6.45, 7) is 3.84. The van der Waals surface area contributed by atoms with Crippen LogP contribution in [0.2, 0.25) is 0 Å². The number of carbonyl (C=O) groups is 1. The largest absolute Gasteiger partial charge is 0.483 e. The average Bonchev–Trinajstić information content (AvgIpc) is 3.02. The smallest absolute Gasteiger partial charge is 0.406 e. The summed E-state index contributed by atoms with van der Waals surface area (Å²) in [5.41, 5.74) is 1.49. The quantitative estimate of drug-likeness (QED) is 0.677. The lowest BCUT2D eigenvalue weighted by molar-refractivity contribution is -0.133. The fourth-order valence-corrected chi connectivity index (χ4v) is 3.18. The van der Waals surface area contributed by atoms with Gasteiger partial charge in [-0.25, -0.2) is 4.98 Å². The number of hydrogen-bond donors (Lipinski definition) is 0. The monoisotopic (exact) mass is 386 g/mol. The molecule has 1 aromatic heterocycles. The highest BCUT2D eigenvalue weighted by molar-refractivity contribution is 7.14. The number of amides is 1. The third-order valence-corrected chi connectivity index (χ3v) is 4.87. The van der Waals surface area contributed by atoms with Crippen molar-refractivity contribution in [1.82, 2.24) is 4.98 Å². The Kier molecular flexibility index (Phi) is 6.63. The van der Waals surface area contributed by atoms with Gasteiger partial charge in [0.1, 0.15) is 12.3 Å². The first-order valence-electron chi connectivity index (χ1n) is 8.22. The van der Waals surface area contributed by atoms with Gasteiger partial charge in [-0.05, 0) is 30.9 Å². The number of para-hydroxylation sites is 1. The van der Waals surface area contributed by atoms with Gasteiger partial charge in [-0.3, -0.25) is 9.69 Å². The first-order valence-corrected chi connectivity index (χ1v) is 9.10. The number of anilines is 1. The lowest BCUT2D eigenvalue weighted by Crippen LogP contribution is -2.41. The molecular weight excluding hydrogens is 365 g/mol. The van der Waals surface area contributed by atoms with Gasteiger partial charge in [0.2, 0.25) is 0 Å². The fourth-order valence-electron chi connectivity index (χ4n) is 2.36. The molecular formula is C18H21F3N2O2S. The molecule has 1 amide bonds. The highest BCUT2D eigenvalue weighted by Crippen LogP contribution is 2.29. The van der Waals surface area contributed by atoms with Crippen molar-refractivity contribution in [3.05, 3.63) is 40.9 Å². The summed E-state index contributed by atoms with van der Waals surface area (Å²) in [6, 6.07) is 7.25. The van der Waals surface area contributed by atoms with Gasteiger partial charge < -0.3 is 4.74 Å². The van der Waals surface area contributed by atoms with Gasteiger partial charge >= 0.3 is 6.18 Å². The summed E-state index contributed by atoms with van der Waals surface area (Å²) in [5, 5.41) is 1.62. The van der Waals surface area contributed by atoms with Crippen molar-refractivity contribution in [3.8, 4) is 5.75 Å². The molecule has 4 nitrogen and oxygen atoms in total. The first-order chi connectivity index (χ1) is 12.2. The summed E-state index contributed by atoms with van der Waals surface area (Å²) >= 11 is 0.998. The standard InChI is InChI=1S/C18H21F3N2O2S/c1-4-12(2)14-7-5-6-8-15(14)25-9-16(24)23(11-18(19,20)21)17-22-13(3)10-26-17/h5-8,10,12H,4,9,11H2,1-3H3. The maximum Gasteiger partial charge on any atom is 0.406 e. The second-order valence-electron chi connectivity index (χ2n) is 6.00. The minimum absolute atomic E-state index is 0.0173. The summed E-state index contributed by atoms with van der Waals surface area (Å²) < 4.78 is 44.2. The van der Waals surface area contributed by atoms with Crippen molar-refractivity contribution in [3.63, 3.8) is 0 Å². The molecule has 0 fully saturated rings. The molecule has 0 aliphatic rings. The molecule has 0 aliphatic carbocycles. The topological polar surface area (TPSA) is 42.4 Å². The summed E-state index contributed by atoms with van der Waals surface area (Å²) in [5.74, 6) is -0.0534. The number of hydrogen-bond acceptors (Lipinski definition) is 4. The van der Waals surface area contributed by atoms with Gasteiger partial charge in [-0.1, -0.05) is 32.0 Å². The van der Waals surface area contributed by atoms with Crippen LogP contribution in [0.3, 0.4) is 0 Å². The van der Waals surface area contributed by atoms with Crippen molar-refractivity contribution in [2.45, 2.75) is 39.3 Å². The maximum absolute atomic E-state index is 12.9. The van der Waals surface area contributed by atoms with E-state index in [0.717, 1.165) is 23.3 Å². The Bertz CT molecular complexity index is 746. The molecule has 1 atom stereocenters. The van der Waals surface area contributed by atoms with E-state index < -0.39 is 25.2 Å². The molecule has 2 aromatic rings. The number of rotatable bonds is 7. The summed E-state index contributed by atoms with van der Waals surface area (Å²) in [4.78, 5) is 17.0. The Labute approximate surface area is 154 Å². The van der Waals surface area contributed by atoms with Crippen molar-refractivity contribution in [2.24, 2.45) is 0 Å². The lowest BCUT2D eigenvalue weighted by Gasteiger charge is -2.22. The number of halogens is 3. The molecule has 1 unspecified atom stereocenters. The Hall–Kier alpha value is -2.09. The fraction of sp³-hybridized carbons (Fsp3) is 0.444. The average molecular weight is 386 g/mol. The predicted octanol–water partition coefficient (Wildman–Crippen LogP) is 4.94. The zero-order valence-corrected chi connectivity index (χ0v) is 15.7. The second kappa shape index (κ2) is 8.53. The van der Waals surface area contributed by atoms with Crippen LogP contribution >= 0.6 is 11.3 Å². The van der Waals surface area contributed by atoms with Crippen molar-refractivity contribution in [1.29, 1.82) is 0 Å². The normalized spacial score (nSPS) is 12.7. The molecule has 0 N–H and O–H groups in total. The van der Waals surface area contributed by atoms with E-state index in [9.17, 15) is 18.0 Å². The third kappa shape index (κ3) is 5.45. The zero-order chi connectivity index (χ0) is 19.3. The van der Waals surface area contributed by atoms with E-state index in [1.54, 1.807) is 24.4 Å². The number of carbonyl (C=O) groups excluding carboxylic acids is 1. The van der Waals surface area contributed by atoms with Gasteiger partial charge in [-0.2, -0.15) is 13.2 Å². The molecule has 0 radical (unpaired) electrons. The van der Waals surface area contributed by atoms with Crippen molar-refractivity contribution in [2.75, 3.05) is 18.1 Å². The Morgan fingerprint density at radius 3 is 2.62 bits per heavy atom. The number of benzene rings is 1. The van der Waals surface area contributed by atoms with E-state index in [0.29, 0.717) is 16.3 Å². The van der Waals surface area contributed by atoms with Crippen LogP contribution in [-0.4, -0.2) is 30.2 Å². The molecule has 0 aliphatic heterocycles. The van der Waals surface area contributed by atoms with Crippen LogP contribution in [0, 0.1) is 6.92 Å². The molecule has 1 heterocycles. The number of thiazole rings is 1. The highest BCUT2D eigenvalue weighted by Gasteiger charge is 2.35. The van der Waals surface area contributed by atoms with E-state index in [-0.39, 0.29) is 11.0 Å². The number of aryl methyl sites for hydroxylation is 1. The van der Waals surface area contributed by atoms with E-state index in [4.69, 9.17) is 4.74 Å². The van der Waals surface area contributed by atoms with Crippen molar-refractivity contribution < 1.29 is 22.7 Å². The Balaban J connectivity index is 2.15. The molecule has 0 saturated heterocycles. The van der Waals surface area contributed by atoms with E-state index in [1.165, 1.54) is 0 Å². The van der Waals surface area contributed by atoms with Crippen LogP contribution in [0.15, 0.2) is 29.6 Å². The van der Waals surface area contributed by atoms with E-state index >= 15 is 0 Å². The Morgan fingerprint density at radius 1 is 1.35 bits per heavy atom. The lowest BCUT2D eigenvalue weighted by atomic mass is 9.98. The van der Waals surface area contributed by atoms with E-state index in [1.807, 2.05) is 26.0 Å². The second-order valence-corrected chi connectivity index (χ2v) is 6.84. The van der Waals surface area contributed by atoms with Crippen LogP contribution in [0.4, 0.5) is 18.3 Å². The molecule has 0 bridgehead atoms. The molecule has 0 saturated carbocycles. The number of alkyl halides is 3. The van der Waals surface area contributed by atoms with Gasteiger partial charge in [-0.15, -0.1) is 11.3 Å². The molecule has 2 rings (SSSR count). The Morgan fingerprint density at radius 2 is 2.04 bits per heavy atom. The zero-order valence-electron chi connectivity index (χ0n) is 14.8. The van der Waals surface area contributed by atoms with Gasteiger partial charge in [0.15, 0.2) is 11.7 Å². The molecule has 26 heavy (non-hydrogen) atoms. The van der Waals surface area contributed by atoms with Crippen LogP contribution in [0.25, 0.3) is 0 Å². The summed E-state index contributed by atoms with van der Waals surface area (Å²) in [7, 11) is 0. The first kappa shape index (κ1) is 20.2. The van der Waals surface area contributed by atoms with Crippen LogP contribution in [0.1, 0.15) is 37.4 Å². The summed E-state index contributed by atoms with van der Waals surface area (Å²) in [6.07, 6.45) is -3.64. The van der Waals surface area contributed by atoms with Gasteiger partial charge in [0, 0.05) is 5.38 Å².